The predicted octanol–water partition coefficient (Wildman–Crippen LogP) is 2.15. The maximum Gasteiger partial charge on any atom is 0.257 e. The minimum atomic E-state index is -0.311. The van der Waals surface area contributed by atoms with Crippen molar-refractivity contribution >= 4 is 23.7 Å². The summed E-state index contributed by atoms with van der Waals surface area (Å²) < 4.78 is 0. The van der Waals surface area contributed by atoms with Gasteiger partial charge in [-0.15, -0.1) is 18.2 Å². The molecule has 1 N–H and O–H groups in total. The van der Waals surface area contributed by atoms with E-state index in [-0.39, 0.29) is 17.5 Å². The summed E-state index contributed by atoms with van der Waals surface area (Å²) >= 11 is 5.40. The van der Waals surface area contributed by atoms with E-state index in [1.165, 1.54) is 13.3 Å². The number of alkyl halides is 1. The monoisotopic (exact) mass is 266 g/mol. The van der Waals surface area contributed by atoms with Gasteiger partial charge < -0.3 is 5.11 Å². The second-order valence-corrected chi connectivity index (χ2v) is 3.91. The quantitative estimate of drug-likeness (QED) is 0.384. The first-order valence-corrected chi connectivity index (χ1v) is 5.91. The number of amides is 1. The molecule has 1 rings (SSSR count). The van der Waals surface area contributed by atoms with Gasteiger partial charge in [-0.3, -0.25) is 4.79 Å². The summed E-state index contributed by atoms with van der Waals surface area (Å²) in [4.78, 5) is 11.2. The van der Waals surface area contributed by atoms with E-state index in [4.69, 9.17) is 11.6 Å². The molecule has 0 fully saturated rings. The fraction of sp³-hybridized carbons (Fsp3) is 0.231. The number of hydrazone groups is 1. The number of carbonyl (C=O) groups excluding carboxylic acids is 1. The zero-order valence-corrected chi connectivity index (χ0v) is 10.9. The fourth-order valence-electron chi connectivity index (χ4n) is 1.34. The van der Waals surface area contributed by atoms with Gasteiger partial charge in [-0.25, -0.2) is 5.01 Å². The van der Waals surface area contributed by atoms with E-state index in [0.29, 0.717) is 12.0 Å². The number of para-hydroxylation sites is 1. The normalized spacial score (nSPS) is 10.6. The Morgan fingerprint density at radius 3 is 2.94 bits per heavy atom. The average molecular weight is 267 g/mol. The molecule has 0 aliphatic carbocycles. The minimum Gasteiger partial charge on any atom is -0.507 e. The number of rotatable bonds is 5. The van der Waals surface area contributed by atoms with Gasteiger partial charge in [-0.2, -0.15) is 5.10 Å². The standard InChI is InChI=1S/C13H15ClN2O2/c1-3-5-10-6-4-7-11(13(10)18)9-15-16(2)12(17)8-14/h3-4,6-7,9,18H,1,5,8H2,2H3/b15-9+. The maximum absolute atomic E-state index is 11.2. The number of allylic oxidation sites excluding steroid dienone is 1. The number of phenolic OH excluding ortho intramolecular Hbond substituents is 1. The number of halogens is 1. The van der Waals surface area contributed by atoms with Crippen LogP contribution in [0, 0.1) is 0 Å². The van der Waals surface area contributed by atoms with E-state index in [1.807, 2.05) is 12.1 Å². The number of hydrogen-bond acceptors (Lipinski definition) is 3. The molecule has 0 atom stereocenters. The van der Waals surface area contributed by atoms with Crippen LogP contribution in [0.4, 0.5) is 0 Å². The van der Waals surface area contributed by atoms with Gasteiger partial charge in [-0.1, -0.05) is 18.2 Å². The summed E-state index contributed by atoms with van der Waals surface area (Å²) in [5.74, 6) is -0.293. The highest BCUT2D eigenvalue weighted by Gasteiger charge is 2.06. The molecule has 1 aromatic rings. The second kappa shape index (κ2) is 6.81. The van der Waals surface area contributed by atoms with Gasteiger partial charge in [0.25, 0.3) is 5.91 Å². The molecule has 96 valence electrons. The smallest absolute Gasteiger partial charge is 0.257 e. The van der Waals surface area contributed by atoms with Crippen molar-refractivity contribution in [3.05, 3.63) is 42.0 Å². The molecule has 1 amide bonds. The Hall–Kier alpha value is -1.81. The molecule has 0 spiro atoms. The van der Waals surface area contributed by atoms with E-state index in [1.54, 1.807) is 12.1 Å². The largest absolute Gasteiger partial charge is 0.507 e. The first-order chi connectivity index (χ1) is 8.60. The average Bonchev–Trinajstić information content (AvgIpc) is 2.38. The Bertz CT molecular complexity index is 472. The topological polar surface area (TPSA) is 52.9 Å². The molecular weight excluding hydrogens is 252 g/mol. The zero-order valence-electron chi connectivity index (χ0n) is 10.1. The van der Waals surface area contributed by atoms with Gasteiger partial charge in [0, 0.05) is 12.6 Å². The summed E-state index contributed by atoms with van der Waals surface area (Å²) in [6, 6.07) is 5.33. The van der Waals surface area contributed by atoms with Crippen molar-refractivity contribution in [1.82, 2.24) is 5.01 Å². The van der Waals surface area contributed by atoms with Crippen LogP contribution in [0.3, 0.4) is 0 Å². The molecule has 1 aromatic carbocycles. The molecule has 0 saturated heterocycles. The van der Waals surface area contributed by atoms with Crippen LogP contribution in [-0.2, 0) is 11.2 Å². The highest BCUT2D eigenvalue weighted by Crippen LogP contribution is 2.21. The van der Waals surface area contributed by atoms with E-state index < -0.39 is 0 Å². The Morgan fingerprint density at radius 2 is 2.33 bits per heavy atom. The maximum atomic E-state index is 11.2. The lowest BCUT2D eigenvalue weighted by Crippen LogP contribution is -2.22. The van der Waals surface area contributed by atoms with Crippen LogP contribution in [0.25, 0.3) is 0 Å². The van der Waals surface area contributed by atoms with Crippen LogP contribution in [0.2, 0.25) is 0 Å². The van der Waals surface area contributed by atoms with Crippen molar-refractivity contribution in [3.63, 3.8) is 0 Å². The van der Waals surface area contributed by atoms with Crippen LogP contribution >= 0.6 is 11.6 Å². The summed E-state index contributed by atoms with van der Waals surface area (Å²) in [5.41, 5.74) is 1.31. The Morgan fingerprint density at radius 1 is 1.61 bits per heavy atom. The number of aromatic hydroxyl groups is 1. The molecule has 0 unspecified atom stereocenters. The van der Waals surface area contributed by atoms with Crippen molar-refractivity contribution in [2.24, 2.45) is 5.10 Å². The van der Waals surface area contributed by atoms with Crippen LogP contribution in [0.5, 0.6) is 5.75 Å². The first-order valence-electron chi connectivity index (χ1n) is 5.38. The third kappa shape index (κ3) is 3.60. The second-order valence-electron chi connectivity index (χ2n) is 3.64. The summed E-state index contributed by atoms with van der Waals surface area (Å²) in [5, 5.41) is 15.0. The predicted molar refractivity (Wildman–Crippen MR) is 73.1 cm³/mol. The third-order valence-electron chi connectivity index (χ3n) is 2.36. The van der Waals surface area contributed by atoms with Crippen molar-refractivity contribution in [3.8, 4) is 5.75 Å². The van der Waals surface area contributed by atoms with Gasteiger partial charge in [0.15, 0.2) is 0 Å². The zero-order chi connectivity index (χ0) is 13.5. The number of phenols is 1. The third-order valence-corrected chi connectivity index (χ3v) is 2.59. The fourth-order valence-corrected chi connectivity index (χ4v) is 1.51. The first kappa shape index (κ1) is 14.3. The van der Waals surface area contributed by atoms with Crippen LogP contribution in [0.15, 0.2) is 36.0 Å². The molecule has 0 radical (unpaired) electrons. The Kier molecular flexibility index (Phi) is 5.39. The van der Waals surface area contributed by atoms with E-state index in [9.17, 15) is 9.90 Å². The van der Waals surface area contributed by atoms with Gasteiger partial charge in [0.1, 0.15) is 11.6 Å². The molecule has 0 bridgehead atoms. The van der Waals surface area contributed by atoms with Crippen molar-refractivity contribution < 1.29 is 9.90 Å². The molecule has 5 heteroatoms. The van der Waals surface area contributed by atoms with Gasteiger partial charge >= 0.3 is 0 Å². The van der Waals surface area contributed by atoms with Crippen molar-refractivity contribution in [2.75, 3.05) is 12.9 Å². The molecule has 0 aliphatic heterocycles. The summed E-state index contributed by atoms with van der Waals surface area (Å²) in [6.07, 6.45) is 3.70. The van der Waals surface area contributed by atoms with Crippen molar-refractivity contribution in [2.45, 2.75) is 6.42 Å². The molecule has 0 aliphatic rings. The van der Waals surface area contributed by atoms with Crippen molar-refractivity contribution in [1.29, 1.82) is 0 Å². The molecule has 0 saturated carbocycles. The van der Waals surface area contributed by atoms with Crippen LogP contribution in [-0.4, -0.2) is 35.2 Å². The lowest BCUT2D eigenvalue weighted by molar-refractivity contribution is -0.127. The summed E-state index contributed by atoms with van der Waals surface area (Å²) in [6.45, 7) is 3.62. The molecular formula is C13H15ClN2O2. The van der Waals surface area contributed by atoms with E-state index in [0.717, 1.165) is 10.6 Å². The number of benzene rings is 1. The van der Waals surface area contributed by atoms with E-state index >= 15 is 0 Å². The molecule has 0 heterocycles. The van der Waals surface area contributed by atoms with Gasteiger partial charge in [0.05, 0.1) is 6.21 Å². The number of carbonyl (C=O) groups is 1. The van der Waals surface area contributed by atoms with Gasteiger partial charge in [0.2, 0.25) is 0 Å². The van der Waals surface area contributed by atoms with Crippen LogP contribution in [0.1, 0.15) is 11.1 Å². The lowest BCUT2D eigenvalue weighted by Gasteiger charge is -2.09. The number of nitrogens with zero attached hydrogens (tertiary/aromatic N) is 2. The highest BCUT2D eigenvalue weighted by molar-refractivity contribution is 6.27. The molecule has 0 aromatic heterocycles. The SMILES string of the molecule is C=CCc1cccc(/C=N/N(C)C(=O)CCl)c1O. The van der Waals surface area contributed by atoms with Gasteiger partial charge in [-0.05, 0) is 18.1 Å². The summed E-state index contributed by atoms with van der Waals surface area (Å²) in [7, 11) is 1.51. The molecule has 4 nitrogen and oxygen atoms in total. The van der Waals surface area contributed by atoms with Crippen LogP contribution < -0.4 is 0 Å². The molecule has 18 heavy (non-hydrogen) atoms. The Balaban J connectivity index is 2.91. The number of hydrogen-bond donors (Lipinski definition) is 1. The lowest BCUT2D eigenvalue weighted by atomic mass is 10.1. The minimum absolute atomic E-state index is 0.129. The highest BCUT2D eigenvalue weighted by atomic mass is 35.5. The van der Waals surface area contributed by atoms with E-state index in [2.05, 4.69) is 11.7 Å². The Labute approximate surface area is 111 Å².